The minimum atomic E-state index is 0.0188. The molecule has 2 aromatic rings. The molecule has 0 aliphatic rings. The number of methoxy groups -OCH3 is 1. The van der Waals surface area contributed by atoms with Gasteiger partial charge in [0.25, 0.3) is 0 Å². The maximum Gasteiger partial charge on any atom is 0.167 e. The Hall–Kier alpha value is -1.24. The molecular formula is C16H14Br2ClNO3. The number of benzene rings is 2. The van der Waals surface area contributed by atoms with E-state index in [9.17, 15) is 5.11 Å². The van der Waals surface area contributed by atoms with Crippen molar-refractivity contribution in [1.82, 2.24) is 0 Å². The van der Waals surface area contributed by atoms with Gasteiger partial charge in [-0.2, -0.15) is 0 Å². The van der Waals surface area contributed by atoms with Crippen LogP contribution in [0.2, 0.25) is 5.02 Å². The summed E-state index contributed by atoms with van der Waals surface area (Å²) < 4.78 is 12.0. The minimum absolute atomic E-state index is 0.0188. The second-order valence-electron chi connectivity index (χ2n) is 4.44. The normalized spacial score (nSPS) is 11.0. The molecule has 0 amide bonds. The van der Waals surface area contributed by atoms with E-state index in [-0.39, 0.29) is 5.75 Å². The SMILES string of the molecule is CCOc1cc(Br)c(Br)c(C=Nc2ccc(OC)c(Cl)c2)c1O. The molecule has 7 heteroatoms. The van der Waals surface area contributed by atoms with Crippen molar-refractivity contribution < 1.29 is 14.6 Å². The first-order chi connectivity index (χ1) is 11.0. The van der Waals surface area contributed by atoms with Gasteiger partial charge in [0, 0.05) is 15.2 Å². The molecule has 2 rings (SSSR count). The molecule has 0 atom stereocenters. The van der Waals surface area contributed by atoms with Crippen LogP contribution in [-0.4, -0.2) is 25.0 Å². The summed E-state index contributed by atoms with van der Waals surface area (Å²) in [5, 5.41) is 10.8. The number of hydrogen-bond acceptors (Lipinski definition) is 4. The number of halogens is 3. The third kappa shape index (κ3) is 4.19. The zero-order valence-corrected chi connectivity index (χ0v) is 16.4. The summed E-state index contributed by atoms with van der Waals surface area (Å²) in [6, 6.07) is 6.89. The zero-order valence-electron chi connectivity index (χ0n) is 12.4. The van der Waals surface area contributed by atoms with E-state index in [0.717, 1.165) is 4.47 Å². The lowest BCUT2D eigenvalue weighted by atomic mass is 10.2. The van der Waals surface area contributed by atoms with Crippen LogP contribution in [0.5, 0.6) is 17.2 Å². The van der Waals surface area contributed by atoms with Crippen LogP contribution < -0.4 is 9.47 Å². The van der Waals surface area contributed by atoms with Crippen molar-refractivity contribution in [3.05, 3.63) is 43.8 Å². The Bertz CT molecular complexity index is 751. The van der Waals surface area contributed by atoms with E-state index in [1.54, 1.807) is 37.6 Å². The van der Waals surface area contributed by atoms with Gasteiger partial charge in [-0.15, -0.1) is 0 Å². The third-order valence-corrected chi connectivity index (χ3v) is 5.28. The first-order valence-corrected chi connectivity index (χ1v) is 8.65. The van der Waals surface area contributed by atoms with Crippen molar-refractivity contribution >= 4 is 55.4 Å². The maximum atomic E-state index is 10.3. The highest BCUT2D eigenvalue weighted by Crippen LogP contribution is 2.40. The Morgan fingerprint density at radius 2 is 2.00 bits per heavy atom. The number of aromatic hydroxyl groups is 1. The molecule has 0 unspecified atom stereocenters. The van der Waals surface area contributed by atoms with Crippen LogP contribution in [0, 0.1) is 0 Å². The predicted octanol–water partition coefficient (Wildman–Crippen LogP) is 5.73. The fourth-order valence-corrected chi connectivity index (χ4v) is 2.95. The number of phenolic OH excluding ortho intramolecular Hbond substituents is 1. The van der Waals surface area contributed by atoms with Crippen LogP contribution in [-0.2, 0) is 0 Å². The number of hydrogen-bond donors (Lipinski definition) is 1. The van der Waals surface area contributed by atoms with Crippen LogP contribution >= 0.6 is 43.5 Å². The van der Waals surface area contributed by atoms with E-state index < -0.39 is 0 Å². The molecule has 0 aromatic heterocycles. The van der Waals surface area contributed by atoms with Crippen molar-refractivity contribution in [2.45, 2.75) is 6.92 Å². The molecule has 0 aliphatic heterocycles. The smallest absolute Gasteiger partial charge is 0.167 e. The summed E-state index contributed by atoms with van der Waals surface area (Å²) in [5.74, 6) is 0.984. The minimum Gasteiger partial charge on any atom is -0.504 e. The highest BCUT2D eigenvalue weighted by molar-refractivity contribution is 9.13. The second-order valence-corrected chi connectivity index (χ2v) is 6.50. The lowest BCUT2D eigenvalue weighted by Crippen LogP contribution is -1.95. The van der Waals surface area contributed by atoms with Gasteiger partial charge in [0.1, 0.15) is 5.75 Å². The summed E-state index contributed by atoms with van der Waals surface area (Å²) in [6.07, 6.45) is 1.55. The maximum absolute atomic E-state index is 10.3. The fraction of sp³-hybridized carbons (Fsp3) is 0.188. The molecule has 0 saturated carbocycles. The molecule has 23 heavy (non-hydrogen) atoms. The van der Waals surface area contributed by atoms with Gasteiger partial charge in [-0.3, -0.25) is 4.99 Å². The highest BCUT2D eigenvalue weighted by atomic mass is 79.9. The number of aliphatic imine (C=N–C) groups is 1. The van der Waals surface area contributed by atoms with Crippen LogP contribution in [0.1, 0.15) is 12.5 Å². The molecule has 0 spiro atoms. The van der Waals surface area contributed by atoms with Gasteiger partial charge in [-0.25, -0.2) is 0 Å². The van der Waals surface area contributed by atoms with Gasteiger partial charge in [0.2, 0.25) is 0 Å². The first kappa shape index (κ1) is 18.1. The molecule has 0 fully saturated rings. The predicted molar refractivity (Wildman–Crippen MR) is 99.9 cm³/mol. The number of rotatable bonds is 5. The van der Waals surface area contributed by atoms with Gasteiger partial charge in [0.15, 0.2) is 11.5 Å². The third-order valence-electron chi connectivity index (χ3n) is 2.97. The Morgan fingerprint density at radius 3 is 2.61 bits per heavy atom. The van der Waals surface area contributed by atoms with E-state index in [0.29, 0.717) is 38.9 Å². The van der Waals surface area contributed by atoms with Crippen molar-refractivity contribution in [1.29, 1.82) is 0 Å². The van der Waals surface area contributed by atoms with Crippen LogP contribution in [0.4, 0.5) is 5.69 Å². The molecule has 1 N–H and O–H groups in total. The molecule has 0 saturated heterocycles. The summed E-state index contributed by atoms with van der Waals surface area (Å²) in [6.45, 7) is 2.30. The Kier molecular flexibility index (Phi) is 6.33. The molecule has 0 heterocycles. The molecule has 4 nitrogen and oxygen atoms in total. The van der Waals surface area contributed by atoms with E-state index in [4.69, 9.17) is 21.1 Å². The lowest BCUT2D eigenvalue weighted by Gasteiger charge is -2.11. The molecule has 122 valence electrons. The summed E-state index contributed by atoms with van der Waals surface area (Å²) >= 11 is 12.9. The van der Waals surface area contributed by atoms with E-state index >= 15 is 0 Å². The van der Waals surface area contributed by atoms with Crippen molar-refractivity contribution in [3.63, 3.8) is 0 Å². The zero-order chi connectivity index (χ0) is 17.0. The topological polar surface area (TPSA) is 51.0 Å². The number of phenols is 1. The first-order valence-electron chi connectivity index (χ1n) is 6.69. The summed E-state index contributed by atoms with van der Waals surface area (Å²) in [7, 11) is 1.55. The lowest BCUT2D eigenvalue weighted by molar-refractivity contribution is 0.317. The molecular weight excluding hydrogens is 449 g/mol. The summed E-state index contributed by atoms with van der Waals surface area (Å²) in [5.41, 5.74) is 1.15. The largest absolute Gasteiger partial charge is 0.504 e. The molecule has 0 aliphatic carbocycles. The average Bonchev–Trinajstić information content (AvgIpc) is 2.53. The van der Waals surface area contributed by atoms with Crippen LogP contribution in [0.25, 0.3) is 0 Å². The van der Waals surface area contributed by atoms with Crippen molar-refractivity contribution in [2.24, 2.45) is 4.99 Å². The standard InChI is InChI=1S/C16H14Br2ClNO3/c1-3-23-14-7-11(17)15(18)10(16(14)21)8-20-9-4-5-13(22-2)12(19)6-9/h4-8,21H,3H2,1-2H3. The molecule has 2 aromatic carbocycles. The molecule has 0 bridgehead atoms. The Balaban J connectivity index is 2.40. The summed E-state index contributed by atoms with van der Waals surface area (Å²) in [4.78, 5) is 4.35. The Morgan fingerprint density at radius 1 is 1.26 bits per heavy atom. The quantitative estimate of drug-likeness (QED) is 0.577. The van der Waals surface area contributed by atoms with E-state index in [1.165, 1.54) is 0 Å². The van der Waals surface area contributed by atoms with Gasteiger partial charge in [-0.05, 0) is 63.0 Å². The van der Waals surface area contributed by atoms with Crippen molar-refractivity contribution in [3.8, 4) is 17.2 Å². The van der Waals surface area contributed by atoms with E-state index in [2.05, 4.69) is 36.9 Å². The Labute approximate surface area is 156 Å². The van der Waals surface area contributed by atoms with E-state index in [1.807, 2.05) is 6.92 Å². The highest BCUT2D eigenvalue weighted by Gasteiger charge is 2.14. The van der Waals surface area contributed by atoms with Gasteiger partial charge in [-0.1, -0.05) is 11.6 Å². The van der Waals surface area contributed by atoms with Gasteiger partial charge in [0.05, 0.1) is 30.0 Å². The molecule has 0 radical (unpaired) electrons. The van der Waals surface area contributed by atoms with Crippen LogP contribution in [0.3, 0.4) is 0 Å². The number of nitrogens with zero attached hydrogens (tertiary/aromatic N) is 1. The van der Waals surface area contributed by atoms with Gasteiger partial charge >= 0.3 is 0 Å². The van der Waals surface area contributed by atoms with Crippen molar-refractivity contribution in [2.75, 3.05) is 13.7 Å². The monoisotopic (exact) mass is 461 g/mol. The average molecular weight is 464 g/mol. The number of ether oxygens (including phenoxy) is 2. The fourth-order valence-electron chi connectivity index (χ4n) is 1.87. The van der Waals surface area contributed by atoms with Crippen LogP contribution in [0.15, 0.2) is 38.2 Å². The second kappa shape index (κ2) is 8.04. The van der Waals surface area contributed by atoms with Gasteiger partial charge < -0.3 is 14.6 Å².